The lowest BCUT2D eigenvalue weighted by Gasteiger charge is -2.40. The first kappa shape index (κ1) is 24.8. The molecule has 2 aromatic heterocycles. The number of hydrogen-bond acceptors (Lipinski definition) is 6. The van der Waals surface area contributed by atoms with E-state index in [0.29, 0.717) is 33.3 Å². The summed E-state index contributed by atoms with van der Waals surface area (Å²) in [5, 5.41) is 16.1. The monoisotopic (exact) mass is 532 g/mol. The van der Waals surface area contributed by atoms with Gasteiger partial charge in [0.05, 0.1) is 29.9 Å². The van der Waals surface area contributed by atoms with Crippen molar-refractivity contribution in [1.82, 2.24) is 0 Å². The predicted molar refractivity (Wildman–Crippen MR) is 140 cm³/mol. The first-order valence-corrected chi connectivity index (χ1v) is 14.2. The zero-order chi connectivity index (χ0) is 24.6. The largest absolute Gasteiger partial charge is 0.488 e. The summed E-state index contributed by atoms with van der Waals surface area (Å²) in [6.45, 7) is 1.45. The van der Waals surface area contributed by atoms with Crippen LogP contribution < -0.4 is 4.74 Å². The third-order valence-corrected chi connectivity index (χ3v) is 9.95. The van der Waals surface area contributed by atoms with Gasteiger partial charge in [0.15, 0.2) is 0 Å². The molecule has 1 N–H and O–H groups in total. The van der Waals surface area contributed by atoms with Crippen molar-refractivity contribution in [3.63, 3.8) is 0 Å². The molecule has 0 aliphatic heterocycles. The summed E-state index contributed by atoms with van der Waals surface area (Å²) >= 11 is 8.72. The van der Waals surface area contributed by atoms with Gasteiger partial charge in [0.1, 0.15) is 25.0 Å². The molecule has 0 amide bonds. The summed E-state index contributed by atoms with van der Waals surface area (Å²) in [6.07, 6.45) is 2.97. The van der Waals surface area contributed by atoms with Crippen LogP contribution in [0.1, 0.15) is 29.0 Å². The molecule has 5 nitrogen and oxygen atoms in total. The molecular weight excluding hydrogens is 502 g/mol. The van der Waals surface area contributed by atoms with Crippen LogP contribution in [0.25, 0.3) is 0 Å². The normalized spacial score (nSPS) is 24.0. The standard InChI is InChI=1S/C27H31ClNO4S2/c1-29(2,13-14-32-20-10-8-19(28)9-11-20)22-17-18-7-12-21(22)25(18)33-26(30)27(31,23-5-3-15-34-23)24-6-4-16-35-24/h3-6,8-11,15-16,18,21-22,25,31H,7,12-14,17H2,1-2H3/q+1/t18?,21?,22-,25?/m0/s1. The Balaban J connectivity index is 1.26. The van der Waals surface area contributed by atoms with Crippen LogP contribution in [-0.2, 0) is 15.1 Å². The maximum Gasteiger partial charge on any atom is 0.349 e. The minimum Gasteiger partial charge on any atom is -0.488 e. The first-order valence-electron chi connectivity index (χ1n) is 12.0. The van der Waals surface area contributed by atoms with Crippen molar-refractivity contribution in [3.05, 3.63) is 74.1 Å². The van der Waals surface area contributed by atoms with E-state index in [-0.39, 0.29) is 12.0 Å². The fourth-order valence-electron chi connectivity index (χ4n) is 5.82. The van der Waals surface area contributed by atoms with E-state index in [1.165, 1.54) is 22.7 Å². The highest BCUT2D eigenvalue weighted by Crippen LogP contribution is 2.50. The zero-order valence-corrected chi connectivity index (χ0v) is 22.3. The Labute approximate surface area is 219 Å². The van der Waals surface area contributed by atoms with Gasteiger partial charge >= 0.3 is 5.97 Å². The molecule has 2 aliphatic rings. The number of carbonyl (C=O) groups is 1. The van der Waals surface area contributed by atoms with E-state index in [1.807, 2.05) is 47.2 Å². The number of halogens is 1. The smallest absolute Gasteiger partial charge is 0.349 e. The summed E-state index contributed by atoms with van der Waals surface area (Å²) in [6, 6.07) is 15.1. The van der Waals surface area contributed by atoms with E-state index < -0.39 is 11.6 Å². The molecule has 2 heterocycles. The molecule has 3 unspecified atom stereocenters. The zero-order valence-electron chi connectivity index (χ0n) is 19.9. The number of nitrogens with zero attached hydrogens (tertiary/aromatic N) is 1. The number of quaternary nitrogens is 1. The second-order valence-corrected chi connectivity index (χ2v) is 12.5. The van der Waals surface area contributed by atoms with Crippen LogP contribution in [0.3, 0.4) is 0 Å². The van der Waals surface area contributed by atoms with Crippen molar-refractivity contribution in [3.8, 4) is 5.75 Å². The fraction of sp³-hybridized carbons (Fsp3) is 0.444. The average molecular weight is 533 g/mol. The summed E-state index contributed by atoms with van der Waals surface area (Å²) in [4.78, 5) is 14.8. The number of aliphatic hydroxyl groups is 1. The van der Waals surface area contributed by atoms with Crippen LogP contribution >= 0.6 is 34.3 Å². The maximum absolute atomic E-state index is 13.6. The Kier molecular flexibility index (Phi) is 6.98. The molecule has 8 heteroatoms. The number of likely N-dealkylation sites (N-methyl/N-ethyl adjacent to an activating group) is 1. The summed E-state index contributed by atoms with van der Waals surface area (Å²) < 4.78 is 13.0. The molecular formula is C27H31ClNO4S2+. The minimum absolute atomic E-state index is 0.159. The quantitative estimate of drug-likeness (QED) is 0.289. The molecule has 4 atom stereocenters. The van der Waals surface area contributed by atoms with Gasteiger partial charge in [-0.25, -0.2) is 4.79 Å². The molecule has 186 valence electrons. The van der Waals surface area contributed by atoms with Crippen LogP contribution in [0.2, 0.25) is 5.02 Å². The molecule has 3 aromatic rings. The number of carbonyl (C=O) groups excluding carboxylic acids is 1. The molecule has 0 radical (unpaired) electrons. The molecule has 0 saturated heterocycles. The number of thiophene rings is 2. The maximum atomic E-state index is 13.6. The predicted octanol–water partition coefficient (Wildman–Crippen LogP) is 5.56. The van der Waals surface area contributed by atoms with E-state index >= 15 is 0 Å². The van der Waals surface area contributed by atoms with Gasteiger partial charge in [-0.3, -0.25) is 0 Å². The van der Waals surface area contributed by atoms with Gasteiger partial charge in [0.25, 0.3) is 0 Å². The lowest BCUT2D eigenvalue weighted by Crippen LogP contribution is -2.54. The SMILES string of the molecule is C[N+](C)(CCOc1ccc(Cl)cc1)[C@H]1CC2CCC1C2OC(=O)C(O)(c1cccs1)c1cccs1. The molecule has 5 rings (SSSR count). The average Bonchev–Trinajstić information content (AvgIpc) is 3.65. The van der Waals surface area contributed by atoms with Crippen molar-refractivity contribution < 1.29 is 23.9 Å². The van der Waals surface area contributed by atoms with Gasteiger partial charge in [-0.2, -0.15) is 0 Å². The third-order valence-electron chi connectivity index (χ3n) is 7.74. The molecule has 1 aromatic carbocycles. The highest BCUT2D eigenvalue weighted by molar-refractivity contribution is 7.12. The van der Waals surface area contributed by atoms with E-state index in [4.69, 9.17) is 21.1 Å². The fourth-order valence-corrected chi connectivity index (χ4v) is 7.66. The number of ether oxygens (including phenoxy) is 2. The van der Waals surface area contributed by atoms with Crippen molar-refractivity contribution in [2.24, 2.45) is 11.8 Å². The Hall–Kier alpha value is -1.90. The van der Waals surface area contributed by atoms with Gasteiger partial charge < -0.3 is 19.1 Å². The van der Waals surface area contributed by atoms with Crippen LogP contribution in [0, 0.1) is 11.8 Å². The molecule has 2 aliphatic carbocycles. The number of rotatable bonds is 9. The second-order valence-electron chi connectivity index (χ2n) is 10.1. The van der Waals surface area contributed by atoms with Crippen LogP contribution in [0.15, 0.2) is 59.3 Å². The highest BCUT2D eigenvalue weighted by atomic mass is 35.5. The van der Waals surface area contributed by atoms with E-state index in [9.17, 15) is 9.90 Å². The number of fused-ring (bicyclic) bond motifs is 2. The van der Waals surface area contributed by atoms with Gasteiger partial charge in [-0.05, 0) is 60.0 Å². The summed E-state index contributed by atoms with van der Waals surface area (Å²) in [5.74, 6) is 0.877. The first-order chi connectivity index (χ1) is 16.8. The van der Waals surface area contributed by atoms with Crippen LogP contribution in [-0.4, -0.2) is 55.0 Å². The Morgan fingerprint density at radius 1 is 1.09 bits per heavy atom. The Morgan fingerprint density at radius 2 is 1.74 bits per heavy atom. The van der Waals surface area contributed by atoms with Crippen molar-refractivity contribution in [2.75, 3.05) is 27.2 Å². The number of benzene rings is 1. The molecule has 35 heavy (non-hydrogen) atoms. The van der Waals surface area contributed by atoms with Crippen LogP contribution in [0.4, 0.5) is 0 Å². The van der Waals surface area contributed by atoms with Crippen molar-refractivity contribution >= 4 is 40.2 Å². The molecule has 2 saturated carbocycles. The lowest BCUT2D eigenvalue weighted by atomic mass is 9.93. The van der Waals surface area contributed by atoms with Crippen molar-refractivity contribution in [2.45, 2.75) is 37.0 Å². The highest BCUT2D eigenvalue weighted by Gasteiger charge is 2.57. The Bertz CT molecular complexity index is 1100. The van der Waals surface area contributed by atoms with E-state index in [2.05, 4.69) is 14.1 Å². The summed E-state index contributed by atoms with van der Waals surface area (Å²) in [7, 11) is 4.48. The Morgan fingerprint density at radius 3 is 2.34 bits per heavy atom. The van der Waals surface area contributed by atoms with Gasteiger partial charge in [0, 0.05) is 23.3 Å². The summed E-state index contributed by atoms with van der Waals surface area (Å²) in [5.41, 5.74) is -1.75. The molecule has 0 spiro atoms. The lowest BCUT2D eigenvalue weighted by molar-refractivity contribution is -0.918. The third kappa shape index (κ3) is 4.77. The van der Waals surface area contributed by atoms with E-state index in [0.717, 1.165) is 36.0 Å². The molecule has 2 fully saturated rings. The molecule has 2 bridgehead atoms. The van der Waals surface area contributed by atoms with Gasteiger partial charge in [0.2, 0.25) is 5.60 Å². The topological polar surface area (TPSA) is 55.8 Å². The van der Waals surface area contributed by atoms with E-state index in [1.54, 1.807) is 12.1 Å². The van der Waals surface area contributed by atoms with Crippen molar-refractivity contribution in [1.29, 1.82) is 0 Å². The van der Waals surface area contributed by atoms with Crippen LogP contribution in [0.5, 0.6) is 5.75 Å². The number of esters is 1. The number of hydrogen-bond donors (Lipinski definition) is 1. The second kappa shape index (κ2) is 9.87. The van der Waals surface area contributed by atoms with Gasteiger partial charge in [-0.15, -0.1) is 22.7 Å². The minimum atomic E-state index is -1.75. The van der Waals surface area contributed by atoms with Gasteiger partial charge in [-0.1, -0.05) is 23.7 Å².